The summed E-state index contributed by atoms with van der Waals surface area (Å²) in [4.78, 5) is 95.2. The van der Waals surface area contributed by atoms with E-state index >= 15 is 0 Å². The fourth-order valence-corrected chi connectivity index (χ4v) is 2.56. The molecule has 4 heterocycles. The molecule has 54 heavy (non-hydrogen) atoms. The van der Waals surface area contributed by atoms with Crippen LogP contribution in [0.5, 0.6) is 0 Å². The number of hydrogen-bond acceptors (Lipinski definition) is 18. The third-order valence-electron chi connectivity index (χ3n) is 4.88. The van der Waals surface area contributed by atoms with Crippen LogP contribution >= 0.6 is 0 Å². The Morgan fingerprint density at radius 1 is 0.370 bits per heavy atom. The van der Waals surface area contributed by atoms with Gasteiger partial charge in [0.1, 0.15) is 0 Å². The van der Waals surface area contributed by atoms with Crippen LogP contribution in [0.2, 0.25) is 0 Å². The van der Waals surface area contributed by atoms with Gasteiger partial charge >= 0.3 is 58.0 Å². The van der Waals surface area contributed by atoms with Gasteiger partial charge in [-0.25, -0.2) is 19.2 Å². The van der Waals surface area contributed by atoms with Crippen LogP contribution in [-0.2, 0) is 34.1 Å². The van der Waals surface area contributed by atoms with Crippen LogP contribution in [0.15, 0.2) is 73.3 Å². The Morgan fingerprint density at radius 3 is 0.593 bits per heavy atom. The maximum absolute atomic E-state index is 10.3. The van der Waals surface area contributed by atoms with E-state index in [0.29, 0.717) is 0 Å². The van der Waals surface area contributed by atoms with E-state index in [1.807, 2.05) is 0 Å². The fourth-order valence-electron chi connectivity index (χ4n) is 2.56. The van der Waals surface area contributed by atoms with E-state index in [2.05, 4.69) is 19.9 Å². The molecule has 0 amide bonds. The first-order valence-electron chi connectivity index (χ1n) is 12.1. The molecule has 2 radical (unpaired) electrons. The number of hydrogen-bond donors (Lipinski definition) is 4. The molecule has 0 aliphatic rings. The zero-order chi connectivity index (χ0) is 36.6. The van der Waals surface area contributed by atoms with E-state index in [0.717, 1.165) is 73.3 Å². The van der Waals surface area contributed by atoms with E-state index in [9.17, 15) is 58.8 Å². The Balaban J connectivity index is -0.000000137. The number of carboxylic acids is 8. The van der Waals surface area contributed by atoms with Gasteiger partial charge in [-0.15, -0.1) is 0 Å². The molecule has 0 saturated heterocycles. The number of aromatic nitrogens is 4. The summed E-state index contributed by atoms with van der Waals surface area (Å²) in [6.45, 7) is 0. The molecule has 10 N–H and O–H groups in total. The maximum atomic E-state index is 10.3. The van der Waals surface area contributed by atoms with Gasteiger partial charge in [0.25, 0.3) is 0 Å². The van der Waals surface area contributed by atoms with Crippen molar-refractivity contribution >= 4 is 47.8 Å². The van der Waals surface area contributed by atoms with E-state index in [4.69, 9.17) is 20.4 Å². The molecule has 0 saturated carbocycles. The molecule has 0 aromatic carbocycles. The Labute approximate surface area is 320 Å². The van der Waals surface area contributed by atoms with Gasteiger partial charge < -0.3 is 81.9 Å². The minimum atomic E-state index is -1.42. The molecule has 0 spiro atoms. The smallest absolute Gasteiger partial charge is 0.870 e. The number of aromatic carboxylic acids is 8. The van der Waals surface area contributed by atoms with Gasteiger partial charge in [0.2, 0.25) is 0 Å². The maximum Gasteiger partial charge on any atom is 3.00 e. The monoisotopic (exact) mass is 846 g/mol. The number of nitrogens with zero attached hydrogens (tertiary/aromatic N) is 4. The number of carbonyl (C=O) groups is 8. The minimum absolute atomic E-state index is 0. The van der Waals surface area contributed by atoms with Crippen LogP contribution in [0.25, 0.3) is 0 Å². The number of pyridine rings is 4. The van der Waals surface area contributed by atoms with Crippen molar-refractivity contribution in [2.24, 2.45) is 0 Å². The molecular formula is C28H22Fe2N4O20. The molecular weight excluding hydrogens is 824 g/mol. The van der Waals surface area contributed by atoms with Crippen LogP contribution in [-0.4, -0.2) is 110 Å². The average molecular weight is 846 g/mol. The molecule has 0 atom stereocenters. The molecule has 24 nitrogen and oxygen atoms in total. The van der Waals surface area contributed by atoms with Gasteiger partial charge in [-0.05, 0) is 48.5 Å². The normalized spacial score (nSPS) is 8.30. The summed E-state index contributed by atoms with van der Waals surface area (Å²) in [6.07, 6.45) is 3.86. The van der Waals surface area contributed by atoms with Gasteiger partial charge in [0.15, 0.2) is 0 Å². The van der Waals surface area contributed by atoms with Crippen molar-refractivity contribution in [3.8, 4) is 0 Å². The molecule has 0 bridgehead atoms. The Morgan fingerprint density at radius 2 is 0.519 bits per heavy atom. The first-order chi connectivity index (χ1) is 22.4. The van der Waals surface area contributed by atoms with Crippen LogP contribution in [0.4, 0.5) is 0 Å². The van der Waals surface area contributed by atoms with Crippen LogP contribution < -0.4 is 20.4 Å². The molecule has 290 valence electrons. The largest absolute Gasteiger partial charge is 3.00 e. The summed E-state index contributed by atoms with van der Waals surface area (Å²) in [6, 6.07) is 8.94. The molecule has 26 heteroatoms. The van der Waals surface area contributed by atoms with Crippen LogP contribution in [0.1, 0.15) is 83.4 Å². The van der Waals surface area contributed by atoms with Crippen molar-refractivity contribution < 1.29 is 135 Å². The van der Waals surface area contributed by atoms with E-state index in [-0.39, 0.29) is 101 Å². The molecule has 0 aliphatic heterocycles. The SMILES string of the molecule is O.O.O=C(O)c1ccc(C(=O)[O-])nc1.O=C(O)c1ccc(C(=O)[O-])nc1.O=C(O)c1ccc(C(=O)[O-])nc1.O=C(O)c1ccc(C(=O)[O-])nc1.[Fe+3].[Fe+3].[OH-].[OH-]. The van der Waals surface area contributed by atoms with Crippen molar-refractivity contribution in [3.05, 3.63) is 118 Å². The second-order valence-corrected chi connectivity index (χ2v) is 8.10. The van der Waals surface area contributed by atoms with Gasteiger partial charge in [-0.3, -0.25) is 19.9 Å². The first kappa shape index (κ1) is 59.4. The fraction of sp³-hybridized carbons (Fsp3) is 0. The van der Waals surface area contributed by atoms with Crippen molar-refractivity contribution in [2.45, 2.75) is 0 Å². The van der Waals surface area contributed by atoms with Gasteiger partial charge in [-0.2, -0.15) is 0 Å². The summed E-state index contributed by atoms with van der Waals surface area (Å²) in [5.74, 6) is -10.3. The zero-order valence-electron chi connectivity index (χ0n) is 26.0. The van der Waals surface area contributed by atoms with Crippen molar-refractivity contribution in [1.82, 2.24) is 19.9 Å². The summed E-state index contributed by atoms with van der Waals surface area (Å²) < 4.78 is 0. The standard InChI is InChI=1S/4C7H5NO4.2Fe.4H2O/c4*9-6(10)4-1-2-5(7(11)12)8-3-4;;;;;;/h4*1-3H,(H,9,10)(H,11,12);;;4*1H2/q;;;;2*+3;;;;/p-6. The van der Waals surface area contributed by atoms with Crippen molar-refractivity contribution in [1.29, 1.82) is 0 Å². The predicted octanol–water partition coefficient (Wildman–Crippen LogP) is -5.43. The second kappa shape index (κ2) is 28.9. The number of carboxylic acid groups (broad SMARTS) is 8. The number of carbonyl (C=O) groups excluding carboxylic acids is 4. The predicted molar refractivity (Wildman–Crippen MR) is 153 cm³/mol. The van der Waals surface area contributed by atoms with Crippen molar-refractivity contribution in [2.75, 3.05) is 0 Å². The Bertz CT molecular complexity index is 1420. The van der Waals surface area contributed by atoms with E-state index < -0.39 is 47.8 Å². The third kappa shape index (κ3) is 20.8. The van der Waals surface area contributed by atoms with E-state index in [1.54, 1.807) is 0 Å². The molecule has 0 aliphatic carbocycles. The molecule has 4 rings (SSSR count). The average Bonchev–Trinajstić information content (AvgIpc) is 3.05. The summed E-state index contributed by atoms with van der Waals surface area (Å²) in [5.41, 5.74) is -1.33. The van der Waals surface area contributed by atoms with Crippen LogP contribution in [0.3, 0.4) is 0 Å². The zero-order valence-corrected chi connectivity index (χ0v) is 28.2. The second-order valence-electron chi connectivity index (χ2n) is 8.10. The van der Waals surface area contributed by atoms with Gasteiger partial charge in [0, 0.05) is 24.8 Å². The Kier molecular flexibility index (Phi) is 31.8. The minimum Gasteiger partial charge on any atom is -0.870 e. The molecule has 4 aromatic rings. The Hall–Kier alpha value is -6.76. The van der Waals surface area contributed by atoms with Crippen molar-refractivity contribution in [3.63, 3.8) is 0 Å². The van der Waals surface area contributed by atoms with Gasteiger partial charge in [0.05, 0.1) is 68.9 Å². The summed E-state index contributed by atoms with van der Waals surface area (Å²) in [5, 5.41) is 74.3. The summed E-state index contributed by atoms with van der Waals surface area (Å²) in [7, 11) is 0. The molecule has 4 aromatic heterocycles. The first-order valence-corrected chi connectivity index (χ1v) is 12.1. The quantitative estimate of drug-likeness (QED) is 0.120. The number of rotatable bonds is 8. The molecule has 0 fully saturated rings. The topological polar surface area (TPSA) is 484 Å². The summed E-state index contributed by atoms with van der Waals surface area (Å²) >= 11 is 0. The third-order valence-corrected chi connectivity index (χ3v) is 4.88. The van der Waals surface area contributed by atoms with Crippen LogP contribution in [0, 0.1) is 0 Å². The van der Waals surface area contributed by atoms with E-state index in [1.165, 1.54) is 0 Å². The molecule has 0 unspecified atom stereocenters. The van der Waals surface area contributed by atoms with Gasteiger partial charge in [-0.1, -0.05) is 0 Å².